The van der Waals surface area contributed by atoms with Gasteiger partial charge in [0.1, 0.15) is 11.3 Å². The molecule has 0 aliphatic heterocycles. The van der Waals surface area contributed by atoms with E-state index in [0.29, 0.717) is 11.3 Å². The molecule has 3 aromatic rings. The normalized spacial score (nSPS) is 12.7. The van der Waals surface area contributed by atoms with Crippen LogP contribution in [0.1, 0.15) is 33.7 Å². The van der Waals surface area contributed by atoms with Crippen molar-refractivity contribution in [2.75, 3.05) is 21.3 Å². The van der Waals surface area contributed by atoms with Crippen molar-refractivity contribution in [3.05, 3.63) is 59.8 Å². The zero-order valence-corrected chi connectivity index (χ0v) is 18.4. The van der Waals surface area contributed by atoms with Gasteiger partial charge in [0.2, 0.25) is 0 Å². The van der Waals surface area contributed by atoms with Gasteiger partial charge in [-0.2, -0.15) is 5.10 Å². The Labute approximate surface area is 189 Å². The number of benzene rings is 2. The highest BCUT2D eigenvalue weighted by Crippen LogP contribution is 2.37. The number of esters is 3. The van der Waals surface area contributed by atoms with Gasteiger partial charge in [0.25, 0.3) is 0 Å². The van der Waals surface area contributed by atoms with Crippen LogP contribution >= 0.6 is 0 Å². The number of carbonyl (C=O) groups excluding carboxylic acids is 3. The zero-order chi connectivity index (χ0) is 23.5. The van der Waals surface area contributed by atoms with Gasteiger partial charge in [0.05, 0.1) is 32.9 Å². The molecule has 1 aliphatic rings. The van der Waals surface area contributed by atoms with E-state index in [4.69, 9.17) is 18.9 Å². The molecule has 0 N–H and O–H groups in total. The smallest absolute Gasteiger partial charge is 0.357 e. The molecule has 9 heteroatoms. The summed E-state index contributed by atoms with van der Waals surface area (Å²) in [6.45, 7) is 0. The molecule has 4 rings (SSSR count). The Morgan fingerprint density at radius 1 is 0.909 bits per heavy atom. The molecule has 1 heterocycles. The van der Waals surface area contributed by atoms with Crippen molar-refractivity contribution >= 4 is 17.9 Å². The molecule has 0 radical (unpaired) electrons. The number of carbonyl (C=O) groups is 3. The minimum absolute atomic E-state index is 0.0574. The first kappa shape index (κ1) is 22.1. The quantitative estimate of drug-likeness (QED) is 0.398. The van der Waals surface area contributed by atoms with Crippen LogP contribution in [-0.2, 0) is 14.3 Å². The molecule has 0 atom stereocenters. The summed E-state index contributed by atoms with van der Waals surface area (Å²) < 4.78 is 22.1. The van der Waals surface area contributed by atoms with Crippen molar-refractivity contribution in [2.45, 2.75) is 12.8 Å². The van der Waals surface area contributed by atoms with Crippen LogP contribution in [0.15, 0.2) is 48.5 Å². The second-order valence-corrected chi connectivity index (χ2v) is 7.36. The zero-order valence-electron chi connectivity index (χ0n) is 18.4. The largest absolute Gasteiger partial charge is 0.493 e. The van der Waals surface area contributed by atoms with E-state index in [1.807, 2.05) is 6.07 Å². The fourth-order valence-electron chi connectivity index (χ4n) is 3.37. The highest BCUT2D eigenvalue weighted by atomic mass is 16.6. The molecule has 0 bridgehead atoms. The van der Waals surface area contributed by atoms with Gasteiger partial charge in [0, 0.05) is 5.56 Å². The maximum Gasteiger partial charge on any atom is 0.357 e. The number of hydrogen-bond donors (Lipinski definition) is 0. The lowest BCUT2D eigenvalue weighted by atomic mass is 10.0. The summed E-state index contributed by atoms with van der Waals surface area (Å²) in [5.41, 5.74) is 1.06. The van der Waals surface area contributed by atoms with E-state index in [1.54, 1.807) is 42.5 Å². The third-order valence-electron chi connectivity index (χ3n) is 5.21. The third-order valence-corrected chi connectivity index (χ3v) is 5.21. The molecule has 2 aromatic carbocycles. The van der Waals surface area contributed by atoms with Crippen molar-refractivity contribution in [3.8, 4) is 28.4 Å². The van der Waals surface area contributed by atoms with E-state index in [-0.39, 0.29) is 40.3 Å². The van der Waals surface area contributed by atoms with E-state index in [1.165, 1.54) is 26.0 Å². The Balaban J connectivity index is 1.87. The molecular weight excluding hydrogens is 428 g/mol. The fraction of sp³-hybridized carbons (Fsp3) is 0.250. The molecule has 0 saturated heterocycles. The van der Waals surface area contributed by atoms with Crippen LogP contribution in [0, 0.1) is 5.92 Å². The molecule has 1 aromatic heterocycles. The average Bonchev–Trinajstić information content (AvgIpc) is 3.63. The molecule has 0 unspecified atom stereocenters. The maximum atomic E-state index is 12.8. The Morgan fingerprint density at radius 3 is 2.21 bits per heavy atom. The number of hydrogen-bond acceptors (Lipinski definition) is 8. The van der Waals surface area contributed by atoms with Gasteiger partial charge in [-0.1, -0.05) is 18.2 Å². The van der Waals surface area contributed by atoms with Gasteiger partial charge in [-0.05, 0) is 43.2 Å². The molecule has 1 saturated carbocycles. The monoisotopic (exact) mass is 450 g/mol. The third kappa shape index (κ3) is 4.30. The number of para-hydroxylation sites is 1. The molecular formula is C24H22N2O7. The highest BCUT2D eigenvalue weighted by Gasteiger charge is 2.33. The lowest BCUT2D eigenvalue weighted by Crippen LogP contribution is -2.15. The van der Waals surface area contributed by atoms with Gasteiger partial charge in [0.15, 0.2) is 17.2 Å². The standard InChI is InChI=1S/C24H22N2O7/c1-30-18-13-15(11-12-17(18)33-22(27)14-9-10-14)20-19(23(28)31-2)21(24(29)32-3)26(25-20)16-7-5-4-6-8-16/h4-8,11-14H,9-10H2,1-3H3. The summed E-state index contributed by atoms with van der Waals surface area (Å²) in [6.07, 6.45) is 1.63. The van der Waals surface area contributed by atoms with Crippen LogP contribution in [0.2, 0.25) is 0 Å². The van der Waals surface area contributed by atoms with Crippen LogP contribution in [0.25, 0.3) is 16.9 Å². The lowest BCUT2D eigenvalue weighted by Gasteiger charge is -2.10. The Kier molecular flexibility index (Phi) is 6.12. The molecule has 0 amide bonds. The average molecular weight is 450 g/mol. The predicted octanol–water partition coefficient (Wildman–Crippen LogP) is 3.44. The molecule has 33 heavy (non-hydrogen) atoms. The van der Waals surface area contributed by atoms with Gasteiger partial charge in [-0.15, -0.1) is 0 Å². The topological polar surface area (TPSA) is 106 Å². The SMILES string of the molecule is COC(=O)c1c(-c2ccc(OC(=O)C3CC3)c(OC)c2)nn(-c2ccccc2)c1C(=O)OC. The van der Waals surface area contributed by atoms with Crippen molar-refractivity contribution in [1.82, 2.24) is 9.78 Å². The number of methoxy groups -OCH3 is 3. The first-order chi connectivity index (χ1) is 16.0. The number of nitrogens with zero attached hydrogens (tertiary/aromatic N) is 2. The molecule has 170 valence electrons. The van der Waals surface area contributed by atoms with Crippen LogP contribution in [-0.4, -0.2) is 49.0 Å². The van der Waals surface area contributed by atoms with Gasteiger partial charge < -0.3 is 18.9 Å². The van der Waals surface area contributed by atoms with Crippen LogP contribution in [0.3, 0.4) is 0 Å². The second kappa shape index (κ2) is 9.15. The maximum absolute atomic E-state index is 12.8. The van der Waals surface area contributed by atoms with E-state index < -0.39 is 11.9 Å². The van der Waals surface area contributed by atoms with Crippen molar-refractivity contribution in [3.63, 3.8) is 0 Å². The van der Waals surface area contributed by atoms with Gasteiger partial charge in [-0.25, -0.2) is 14.3 Å². The summed E-state index contributed by atoms with van der Waals surface area (Å²) in [4.78, 5) is 37.5. The molecule has 0 spiro atoms. The molecule has 9 nitrogen and oxygen atoms in total. The van der Waals surface area contributed by atoms with Gasteiger partial charge >= 0.3 is 17.9 Å². The van der Waals surface area contributed by atoms with Crippen molar-refractivity contribution in [2.24, 2.45) is 5.92 Å². The van der Waals surface area contributed by atoms with E-state index >= 15 is 0 Å². The second-order valence-electron chi connectivity index (χ2n) is 7.36. The molecule has 1 aliphatic carbocycles. The molecule has 1 fully saturated rings. The Morgan fingerprint density at radius 2 is 1.61 bits per heavy atom. The van der Waals surface area contributed by atoms with E-state index in [9.17, 15) is 14.4 Å². The predicted molar refractivity (Wildman–Crippen MR) is 117 cm³/mol. The highest BCUT2D eigenvalue weighted by molar-refractivity contribution is 6.07. The van der Waals surface area contributed by atoms with E-state index in [2.05, 4.69) is 5.10 Å². The van der Waals surface area contributed by atoms with E-state index in [0.717, 1.165) is 12.8 Å². The van der Waals surface area contributed by atoms with Crippen molar-refractivity contribution < 1.29 is 33.3 Å². The van der Waals surface area contributed by atoms with Crippen LogP contribution < -0.4 is 9.47 Å². The first-order valence-electron chi connectivity index (χ1n) is 10.2. The summed E-state index contributed by atoms with van der Waals surface area (Å²) in [6, 6.07) is 13.6. The lowest BCUT2D eigenvalue weighted by molar-refractivity contribution is -0.135. The summed E-state index contributed by atoms with van der Waals surface area (Å²) in [5, 5.41) is 4.54. The Bertz CT molecular complexity index is 1210. The summed E-state index contributed by atoms with van der Waals surface area (Å²) >= 11 is 0. The minimum Gasteiger partial charge on any atom is -0.493 e. The Hall–Kier alpha value is -4.14. The summed E-state index contributed by atoms with van der Waals surface area (Å²) in [5.74, 6) is -1.35. The van der Waals surface area contributed by atoms with Gasteiger partial charge in [-0.3, -0.25) is 4.79 Å². The number of rotatable bonds is 7. The number of ether oxygens (including phenoxy) is 4. The fourth-order valence-corrected chi connectivity index (χ4v) is 3.37. The summed E-state index contributed by atoms with van der Waals surface area (Å²) in [7, 11) is 3.88. The number of aromatic nitrogens is 2. The van der Waals surface area contributed by atoms with Crippen LogP contribution in [0.5, 0.6) is 11.5 Å². The first-order valence-corrected chi connectivity index (χ1v) is 10.2. The van der Waals surface area contributed by atoms with Crippen LogP contribution in [0.4, 0.5) is 0 Å². The minimum atomic E-state index is -0.754. The van der Waals surface area contributed by atoms with Crippen molar-refractivity contribution in [1.29, 1.82) is 0 Å².